The van der Waals surface area contributed by atoms with Crippen LogP contribution in [-0.2, 0) is 4.79 Å². The predicted octanol–water partition coefficient (Wildman–Crippen LogP) is 0.131. The van der Waals surface area contributed by atoms with Crippen molar-refractivity contribution >= 4 is 23.7 Å². The van der Waals surface area contributed by atoms with Crippen LogP contribution in [0.5, 0.6) is 0 Å². The predicted molar refractivity (Wildman–Crippen MR) is 58.9 cm³/mol. The van der Waals surface area contributed by atoms with Gasteiger partial charge in [-0.3, -0.25) is 15.2 Å². The maximum Gasteiger partial charge on any atom is 0.321 e. The molecule has 0 aromatic carbocycles. The molecule has 0 spiro atoms. The van der Waals surface area contributed by atoms with Crippen molar-refractivity contribution in [2.75, 3.05) is 6.54 Å². The Hall–Kier alpha value is -1.57. The number of hydrogen-bond acceptors (Lipinski definition) is 5. The molecule has 1 aromatic rings. The Labute approximate surface area is 96.8 Å². The number of nitrogens with zero attached hydrogens (tertiary/aromatic N) is 2. The number of nitrogens with one attached hydrogen (secondary N) is 3. The van der Waals surface area contributed by atoms with Crippen molar-refractivity contribution < 1.29 is 9.59 Å². The summed E-state index contributed by atoms with van der Waals surface area (Å²) in [5.41, 5.74) is 0. The lowest BCUT2D eigenvalue weighted by atomic mass is 10.4. The van der Waals surface area contributed by atoms with E-state index in [1.54, 1.807) is 13.8 Å². The third-order valence-electron chi connectivity index (χ3n) is 1.62. The maximum atomic E-state index is 11.5. The summed E-state index contributed by atoms with van der Waals surface area (Å²) in [6, 6.07) is -0.488. The molecule has 1 atom stereocenters. The van der Waals surface area contributed by atoms with Crippen LogP contribution in [0, 0.1) is 0 Å². The number of thioether (sulfide) groups is 1. The largest absolute Gasteiger partial charge is 0.338 e. The van der Waals surface area contributed by atoms with Crippen LogP contribution in [-0.4, -0.2) is 38.9 Å². The molecule has 0 saturated heterocycles. The minimum Gasteiger partial charge on any atom is -0.338 e. The van der Waals surface area contributed by atoms with Gasteiger partial charge in [0, 0.05) is 6.54 Å². The molecular formula is C8H13N5O2S. The van der Waals surface area contributed by atoms with Gasteiger partial charge in [-0.1, -0.05) is 11.8 Å². The molecule has 0 bridgehead atoms. The number of carbonyl (C=O) groups excluding carboxylic acids is 2. The third-order valence-corrected chi connectivity index (χ3v) is 2.61. The second-order valence-electron chi connectivity index (χ2n) is 2.90. The fourth-order valence-corrected chi connectivity index (χ4v) is 1.60. The lowest BCUT2D eigenvalue weighted by Crippen LogP contribution is -2.42. The molecule has 0 saturated carbocycles. The van der Waals surface area contributed by atoms with Crippen molar-refractivity contribution in [1.29, 1.82) is 0 Å². The van der Waals surface area contributed by atoms with Crippen LogP contribution in [0.2, 0.25) is 0 Å². The van der Waals surface area contributed by atoms with Gasteiger partial charge in [-0.05, 0) is 13.8 Å². The normalized spacial score (nSPS) is 11.9. The van der Waals surface area contributed by atoms with E-state index in [0.29, 0.717) is 11.7 Å². The average molecular weight is 243 g/mol. The fourth-order valence-electron chi connectivity index (χ4n) is 0.890. The maximum absolute atomic E-state index is 11.5. The van der Waals surface area contributed by atoms with Crippen molar-refractivity contribution in [3.63, 3.8) is 0 Å². The van der Waals surface area contributed by atoms with Crippen molar-refractivity contribution in [1.82, 2.24) is 25.8 Å². The summed E-state index contributed by atoms with van der Waals surface area (Å²) in [6.45, 7) is 3.93. The van der Waals surface area contributed by atoms with E-state index in [9.17, 15) is 9.59 Å². The summed E-state index contributed by atoms with van der Waals surface area (Å²) in [6.07, 6.45) is 1.36. The summed E-state index contributed by atoms with van der Waals surface area (Å²) in [7, 11) is 0. The van der Waals surface area contributed by atoms with Gasteiger partial charge in [-0.15, -0.1) is 0 Å². The van der Waals surface area contributed by atoms with Gasteiger partial charge in [0.1, 0.15) is 6.33 Å². The Morgan fingerprint density at radius 1 is 1.62 bits per heavy atom. The minimum atomic E-state index is -0.488. The first-order valence-electron chi connectivity index (χ1n) is 4.74. The Morgan fingerprint density at radius 2 is 2.38 bits per heavy atom. The van der Waals surface area contributed by atoms with Crippen molar-refractivity contribution in [2.24, 2.45) is 0 Å². The molecule has 88 valence electrons. The van der Waals surface area contributed by atoms with Crippen LogP contribution in [0.4, 0.5) is 4.79 Å². The number of amides is 3. The Kier molecular flexibility index (Phi) is 4.77. The van der Waals surface area contributed by atoms with Gasteiger partial charge in [-0.2, -0.15) is 5.10 Å². The highest BCUT2D eigenvalue weighted by atomic mass is 32.2. The fraction of sp³-hybridized carbons (Fsp3) is 0.500. The summed E-state index contributed by atoms with van der Waals surface area (Å²) in [5, 5.41) is 11.1. The average Bonchev–Trinajstić information content (AvgIpc) is 2.70. The van der Waals surface area contributed by atoms with E-state index in [1.807, 2.05) is 0 Å². The first-order chi connectivity index (χ1) is 7.63. The van der Waals surface area contributed by atoms with Crippen LogP contribution < -0.4 is 10.6 Å². The molecule has 0 aliphatic carbocycles. The standard InChI is InChI=1S/C8H13N5O2S/c1-3-9-7(15)12-6(14)5(2)16-8-10-4-11-13-8/h4-5H,3H2,1-2H3,(H,10,11,13)(H2,9,12,14,15)/t5-/m1/s1. The highest BCUT2D eigenvalue weighted by molar-refractivity contribution is 8.00. The zero-order valence-electron chi connectivity index (χ0n) is 8.98. The van der Waals surface area contributed by atoms with Crippen LogP contribution in [0.25, 0.3) is 0 Å². The second-order valence-corrected chi connectivity index (χ2v) is 4.23. The Balaban J connectivity index is 2.39. The lowest BCUT2D eigenvalue weighted by Gasteiger charge is -2.09. The molecule has 3 N–H and O–H groups in total. The molecule has 0 aliphatic rings. The molecule has 1 rings (SSSR count). The van der Waals surface area contributed by atoms with Gasteiger partial charge in [0.15, 0.2) is 5.16 Å². The summed E-state index contributed by atoms with van der Waals surface area (Å²) in [4.78, 5) is 26.4. The van der Waals surface area contributed by atoms with E-state index in [1.165, 1.54) is 18.1 Å². The van der Waals surface area contributed by atoms with Crippen LogP contribution in [0.1, 0.15) is 13.8 Å². The van der Waals surface area contributed by atoms with Gasteiger partial charge in [-0.25, -0.2) is 9.78 Å². The van der Waals surface area contributed by atoms with Crippen LogP contribution in [0.3, 0.4) is 0 Å². The second kappa shape index (κ2) is 6.11. The number of hydrogen-bond donors (Lipinski definition) is 3. The lowest BCUT2D eigenvalue weighted by molar-refractivity contribution is -0.119. The number of aromatic nitrogens is 3. The zero-order chi connectivity index (χ0) is 12.0. The number of imide groups is 1. The number of rotatable bonds is 4. The smallest absolute Gasteiger partial charge is 0.321 e. The SMILES string of the molecule is CCNC(=O)NC(=O)[C@@H](C)Sc1ncn[nH]1. The highest BCUT2D eigenvalue weighted by Gasteiger charge is 2.17. The minimum absolute atomic E-state index is 0.368. The molecule has 0 aliphatic heterocycles. The number of carbonyl (C=O) groups is 2. The molecule has 1 aromatic heterocycles. The van der Waals surface area contributed by atoms with E-state index < -0.39 is 11.3 Å². The van der Waals surface area contributed by atoms with Crippen molar-refractivity contribution in [3.8, 4) is 0 Å². The quantitative estimate of drug-likeness (QED) is 0.653. The van der Waals surface area contributed by atoms with Gasteiger partial charge in [0.2, 0.25) is 5.91 Å². The van der Waals surface area contributed by atoms with Gasteiger partial charge in [0.25, 0.3) is 0 Å². The number of aromatic amines is 1. The highest BCUT2D eigenvalue weighted by Crippen LogP contribution is 2.17. The van der Waals surface area contributed by atoms with E-state index in [2.05, 4.69) is 25.8 Å². The molecule has 0 radical (unpaired) electrons. The number of H-pyrrole nitrogens is 1. The monoisotopic (exact) mass is 243 g/mol. The zero-order valence-corrected chi connectivity index (χ0v) is 9.80. The van der Waals surface area contributed by atoms with E-state index in [4.69, 9.17) is 0 Å². The van der Waals surface area contributed by atoms with Crippen LogP contribution in [0.15, 0.2) is 11.5 Å². The van der Waals surface area contributed by atoms with Crippen LogP contribution >= 0.6 is 11.8 Å². The van der Waals surface area contributed by atoms with Crippen molar-refractivity contribution in [3.05, 3.63) is 6.33 Å². The van der Waals surface area contributed by atoms with E-state index in [-0.39, 0.29) is 5.91 Å². The van der Waals surface area contributed by atoms with E-state index in [0.717, 1.165) is 0 Å². The topological polar surface area (TPSA) is 99.8 Å². The first-order valence-corrected chi connectivity index (χ1v) is 5.62. The molecule has 0 unspecified atom stereocenters. The van der Waals surface area contributed by atoms with Gasteiger partial charge >= 0.3 is 6.03 Å². The molecule has 16 heavy (non-hydrogen) atoms. The van der Waals surface area contributed by atoms with Crippen molar-refractivity contribution in [2.45, 2.75) is 24.3 Å². The summed E-state index contributed by atoms with van der Waals surface area (Å²) >= 11 is 1.20. The van der Waals surface area contributed by atoms with Gasteiger partial charge < -0.3 is 5.32 Å². The summed E-state index contributed by atoms with van der Waals surface area (Å²) in [5.74, 6) is -0.368. The Morgan fingerprint density at radius 3 is 2.94 bits per heavy atom. The third kappa shape index (κ3) is 3.89. The molecular weight excluding hydrogens is 230 g/mol. The molecule has 0 fully saturated rings. The summed E-state index contributed by atoms with van der Waals surface area (Å²) < 4.78 is 0. The first kappa shape index (κ1) is 12.5. The number of urea groups is 1. The molecule has 8 heteroatoms. The van der Waals surface area contributed by atoms with Gasteiger partial charge in [0.05, 0.1) is 5.25 Å². The molecule has 3 amide bonds. The molecule has 1 heterocycles. The Bertz CT molecular complexity index is 353. The van der Waals surface area contributed by atoms with E-state index >= 15 is 0 Å². The molecule has 7 nitrogen and oxygen atoms in total.